The summed E-state index contributed by atoms with van der Waals surface area (Å²) in [6.07, 6.45) is -0.181. The van der Waals surface area contributed by atoms with Gasteiger partial charge in [0.15, 0.2) is 0 Å². The summed E-state index contributed by atoms with van der Waals surface area (Å²) in [6, 6.07) is 0.972. The van der Waals surface area contributed by atoms with E-state index in [9.17, 15) is 9.90 Å². The summed E-state index contributed by atoms with van der Waals surface area (Å²) in [5, 5.41) is 9.51. The summed E-state index contributed by atoms with van der Waals surface area (Å²) >= 11 is 12.2. The van der Waals surface area contributed by atoms with Gasteiger partial charge in [-0.2, -0.15) is 0 Å². The number of fused-ring (bicyclic) bond motifs is 1. The molecule has 2 aromatic carbocycles. The molecule has 0 fully saturated rings. The maximum absolute atomic E-state index is 12.4. The SMILES string of the molecule is [2H]c1c([2H])c([2H])c2c(c1[2H])CC(=O)N2c1c(Cl)cc(O)cc1Cl. The number of carbonyl (C=O) groups excluding carboxylic acids is 1. The monoisotopic (exact) mass is 297 g/mol. The maximum atomic E-state index is 12.4. The van der Waals surface area contributed by atoms with Gasteiger partial charge in [-0.3, -0.25) is 9.69 Å². The van der Waals surface area contributed by atoms with Gasteiger partial charge in [0.25, 0.3) is 0 Å². The molecule has 5 heteroatoms. The van der Waals surface area contributed by atoms with Crippen molar-refractivity contribution in [2.45, 2.75) is 6.42 Å². The highest BCUT2D eigenvalue weighted by Gasteiger charge is 2.31. The Balaban J connectivity index is 2.33. The Morgan fingerprint density at radius 1 is 1.21 bits per heavy atom. The Labute approximate surface area is 125 Å². The number of hydrogen-bond acceptors (Lipinski definition) is 2. The molecule has 2 aromatic rings. The highest BCUT2D eigenvalue weighted by atomic mass is 35.5. The topological polar surface area (TPSA) is 40.5 Å². The molecule has 0 radical (unpaired) electrons. The Morgan fingerprint density at radius 2 is 1.84 bits per heavy atom. The summed E-state index contributed by atoms with van der Waals surface area (Å²) in [6.45, 7) is 0. The third-order valence-corrected chi connectivity index (χ3v) is 3.35. The number of nitrogens with zero attached hydrogens (tertiary/aromatic N) is 1. The number of benzene rings is 2. The Hall–Kier alpha value is -1.71. The smallest absolute Gasteiger partial charge is 0.236 e. The number of phenols is 1. The summed E-state index contributed by atoms with van der Waals surface area (Å²) in [4.78, 5) is 13.5. The van der Waals surface area contributed by atoms with E-state index in [2.05, 4.69) is 0 Å². The second kappa shape index (κ2) is 4.44. The first-order valence-corrected chi connectivity index (χ1v) is 6.09. The van der Waals surface area contributed by atoms with Crippen molar-refractivity contribution in [1.29, 1.82) is 0 Å². The van der Waals surface area contributed by atoms with Gasteiger partial charge in [-0.25, -0.2) is 0 Å². The highest BCUT2D eigenvalue weighted by molar-refractivity contribution is 6.40. The Bertz CT molecular complexity index is 850. The van der Waals surface area contributed by atoms with Crippen LogP contribution in [-0.2, 0) is 11.2 Å². The number of halogens is 2. The lowest BCUT2D eigenvalue weighted by molar-refractivity contribution is -0.116. The van der Waals surface area contributed by atoms with E-state index in [4.69, 9.17) is 28.7 Å². The van der Waals surface area contributed by atoms with Crippen molar-refractivity contribution in [3.63, 3.8) is 0 Å². The minimum atomic E-state index is -0.471. The van der Waals surface area contributed by atoms with Crippen LogP contribution in [0.2, 0.25) is 10.0 Å². The largest absolute Gasteiger partial charge is 0.508 e. The van der Waals surface area contributed by atoms with Crippen LogP contribution in [0.25, 0.3) is 0 Å². The van der Waals surface area contributed by atoms with Gasteiger partial charge in [0.05, 0.1) is 33.3 Å². The molecule has 0 unspecified atom stereocenters. The second-order valence-electron chi connectivity index (χ2n) is 3.99. The van der Waals surface area contributed by atoms with Crippen LogP contribution in [0.15, 0.2) is 36.3 Å². The van der Waals surface area contributed by atoms with Crippen molar-refractivity contribution < 1.29 is 15.4 Å². The molecule has 1 amide bonds. The van der Waals surface area contributed by atoms with Crippen molar-refractivity contribution >= 4 is 40.5 Å². The average molecular weight is 298 g/mol. The minimum absolute atomic E-state index is 0.00334. The first kappa shape index (κ1) is 8.46. The summed E-state index contributed by atoms with van der Waals surface area (Å²) in [5.41, 5.74) is 0.316. The average Bonchev–Trinajstić information content (AvgIpc) is 2.80. The molecule has 0 saturated heterocycles. The highest BCUT2D eigenvalue weighted by Crippen LogP contribution is 2.44. The molecule has 0 spiro atoms. The van der Waals surface area contributed by atoms with Crippen LogP contribution in [0, 0.1) is 0 Å². The maximum Gasteiger partial charge on any atom is 0.236 e. The fraction of sp³-hybridized carbons (Fsp3) is 0.0714. The molecule has 1 N–H and O–H groups in total. The number of anilines is 2. The lowest BCUT2D eigenvalue weighted by Gasteiger charge is -2.20. The molecule has 96 valence electrons. The van der Waals surface area contributed by atoms with Gasteiger partial charge < -0.3 is 5.11 Å². The third kappa shape index (κ3) is 1.95. The van der Waals surface area contributed by atoms with Crippen molar-refractivity contribution in [2.75, 3.05) is 4.90 Å². The van der Waals surface area contributed by atoms with Crippen LogP contribution in [0.4, 0.5) is 11.4 Å². The number of hydrogen-bond donors (Lipinski definition) is 1. The van der Waals surface area contributed by atoms with E-state index in [1.54, 1.807) is 0 Å². The zero-order chi connectivity index (χ0) is 17.0. The predicted octanol–water partition coefficient (Wildman–Crippen LogP) is 3.92. The zero-order valence-electron chi connectivity index (χ0n) is 13.4. The first-order chi connectivity index (χ1) is 10.7. The van der Waals surface area contributed by atoms with Gasteiger partial charge in [0.1, 0.15) is 5.75 Å². The number of rotatable bonds is 1. The summed E-state index contributed by atoms with van der Waals surface area (Å²) < 4.78 is 31.4. The normalized spacial score (nSPS) is 16.7. The van der Waals surface area contributed by atoms with Crippen LogP contribution in [-0.4, -0.2) is 11.0 Å². The molecule has 3 rings (SSSR count). The lowest BCUT2D eigenvalue weighted by Crippen LogP contribution is -2.21. The third-order valence-electron chi connectivity index (χ3n) is 2.77. The minimum Gasteiger partial charge on any atom is -0.508 e. The molecular formula is C14H9Cl2NO2. The summed E-state index contributed by atoms with van der Waals surface area (Å²) in [7, 11) is 0. The van der Waals surface area contributed by atoms with E-state index in [0.29, 0.717) is 0 Å². The zero-order valence-corrected chi connectivity index (χ0v) is 10.9. The molecule has 3 nitrogen and oxygen atoms in total. The molecule has 1 heterocycles. The first-order valence-electron chi connectivity index (χ1n) is 7.34. The van der Waals surface area contributed by atoms with E-state index in [1.807, 2.05) is 0 Å². The van der Waals surface area contributed by atoms with Gasteiger partial charge >= 0.3 is 0 Å². The number of phenolic OH excluding ortho intramolecular Hbond substituents is 1. The lowest BCUT2D eigenvalue weighted by atomic mass is 10.2. The molecule has 19 heavy (non-hydrogen) atoms. The number of amides is 1. The van der Waals surface area contributed by atoms with Crippen LogP contribution >= 0.6 is 23.2 Å². The molecule has 0 atom stereocenters. The van der Waals surface area contributed by atoms with Crippen molar-refractivity contribution in [1.82, 2.24) is 0 Å². The molecule has 0 aromatic heterocycles. The quantitative estimate of drug-likeness (QED) is 0.867. The number of aromatic hydroxyl groups is 1. The van der Waals surface area contributed by atoms with Crippen molar-refractivity contribution in [2.24, 2.45) is 0 Å². The fourth-order valence-electron chi connectivity index (χ4n) is 2.01. The Morgan fingerprint density at radius 3 is 2.53 bits per heavy atom. The van der Waals surface area contributed by atoms with Crippen LogP contribution in [0.5, 0.6) is 5.75 Å². The number of carbonyl (C=O) groups is 1. The predicted molar refractivity (Wildman–Crippen MR) is 75.4 cm³/mol. The van der Waals surface area contributed by atoms with E-state index in [0.717, 1.165) is 4.90 Å². The fourth-order valence-corrected chi connectivity index (χ4v) is 2.65. The van der Waals surface area contributed by atoms with Crippen LogP contribution < -0.4 is 4.90 Å². The van der Waals surface area contributed by atoms with Crippen LogP contribution in [0.3, 0.4) is 0 Å². The standard InChI is InChI=1S/C14H9Cl2NO2/c15-10-6-9(18)7-11(16)14(10)17-12-4-2-1-3-8(12)5-13(17)19/h1-4,6-7,18H,5H2/i1D,2D,3D,4D. The van der Waals surface area contributed by atoms with E-state index >= 15 is 0 Å². The van der Waals surface area contributed by atoms with Gasteiger partial charge in [0, 0.05) is 12.1 Å². The van der Waals surface area contributed by atoms with Gasteiger partial charge in [-0.1, -0.05) is 41.3 Å². The Kier molecular flexibility index (Phi) is 1.98. The molecule has 0 bridgehead atoms. The van der Waals surface area contributed by atoms with Gasteiger partial charge in [0.2, 0.25) is 5.91 Å². The van der Waals surface area contributed by atoms with E-state index in [-0.39, 0.29) is 51.2 Å². The summed E-state index contributed by atoms with van der Waals surface area (Å²) in [5.74, 6) is -0.646. The van der Waals surface area contributed by atoms with E-state index in [1.165, 1.54) is 12.1 Å². The van der Waals surface area contributed by atoms with Crippen molar-refractivity contribution in [3.8, 4) is 5.75 Å². The van der Waals surface area contributed by atoms with Crippen molar-refractivity contribution in [3.05, 3.63) is 51.9 Å². The molecule has 1 aliphatic rings. The van der Waals surface area contributed by atoms with E-state index < -0.39 is 18.0 Å². The van der Waals surface area contributed by atoms with Gasteiger partial charge in [-0.15, -0.1) is 0 Å². The molecule has 0 aliphatic carbocycles. The number of para-hydroxylation sites is 1. The molecule has 1 aliphatic heterocycles. The van der Waals surface area contributed by atoms with Gasteiger partial charge in [-0.05, 0) is 11.6 Å². The van der Waals surface area contributed by atoms with Crippen LogP contribution in [0.1, 0.15) is 11.0 Å². The second-order valence-corrected chi connectivity index (χ2v) is 4.81. The molecule has 0 saturated carbocycles. The molecular weight excluding hydrogens is 285 g/mol.